The second-order valence-corrected chi connectivity index (χ2v) is 6.33. The number of nitrogens with one attached hydrogen (secondary N) is 1. The molecular weight excluding hydrogens is 310 g/mol. The Balaban J connectivity index is 1.87. The molecule has 0 aromatic carbocycles. The van der Waals surface area contributed by atoms with Gasteiger partial charge in [0.25, 0.3) is 0 Å². The molecule has 0 aliphatic carbocycles. The molecule has 0 atom stereocenters. The lowest BCUT2D eigenvalue weighted by Crippen LogP contribution is -2.30. The Morgan fingerprint density at radius 1 is 1.32 bits per heavy atom. The smallest absolute Gasteiger partial charge is 0.128 e. The van der Waals surface area contributed by atoms with E-state index in [-0.39, 0.29) is 0 Å². The molecular formula is C21H31N3O. The lowest BCUT2D eigenvalue weighted by Gasteiger charge is -2.27. The van der Waals surface area contributed by atoms with Crippen molar-refractivity contribution < 1.29 is 4.74 Å². The van der Waals surface area contributed by atoms with Crippen LogP contribution in [-0.2, 0) is 11.3 Å². The summed E-state index contributed by atoms with van der Waals surface area (Å²) in [5, 5.41) is 3.48. The molecule has 1 aliphatic heterocycles. The van der Waals surface area contributed by atoms with Crippen molar-refractivity contribution in [2.45, 2.75) is 39.7 Å². The molecule has 2 rings (SSSR count). The number of hydrogen-bond acceptors (Lipinski definition) is 4. The Hall–Kier alpha value is -2.07. The van der Waals surface area contributed by atoms with E-state index in [1.807, 2.05) is 32.2 Å². The third-order valence-corrected chi connectivity index (χ3v) is 4.31. The first-order valence-electron chi connectivity index (χ1n) is 9.26. The van der Waals surface area contributed by atoms with Crippen LogP contribution < -0.4 is 10.2 Å². The fraction of sp³-hybridized carbons (Fsp3) is 0.476. The number of anilines is 1. The van der Waals surface area contributed by atoms with Crippen LogP contribution in [0.3, 0.4) is 0 Å². The van der Waals surface area contributed by atoms with Gasteiger partial charge in [-0.1, -0.05) is 18.7 Å². The summed E-state index contributed by atoms with van der Waals surface area (Å²) in [7, 11) is 0. The van der Waals surface area contributed by atoms with Crippen LogP contribution in [-0.4, -0.2) is 31.2 Å². The minimum absolute atomic E-state index is 0.694. The average molecular weight is 341 g/mol. The number of piperidine rings is 1. The molecule has 136 valence electrons. The van der Waals surface area contributed by atoms with Crippen LogP contribution >= 0.6 is 0 Å². The Kier molecular flexibility index (Phi) is 8.26. The standard InChI is InChI=1S/C21H31N3O/c1-4-19(10-9-18(3)25-5-2)16-22-17-20-11-12-23-21(15-20)24-13-7-6-8-14-24/h4,9-12,15,22H,1,5-8,13-14,16-17H2,2-3H3/b18-9+,19-10+. The number of hydrogen-bond donors (Lipinski definition) is 1. The minimum atomic E-state index is 0.694. The molecule has 1 aromatic rings. The second kappa shape index (κ2) is 10.7. The van der Waals surface area contributed by atoms with Crippen LogP contribution in [0.4, 0.5) is 5.82 Å². The monoisotopic (exact) mass is 341 g/mol. The summed E-state index contributed by atoms with van der Waals surface area (Å²) in [6.45, 7) is 12.4. The van der Waals surface area contributed by atoms with Crippen molar-refractivity contribution >= 4 is 5.82 Å². The summed E-state index contributed by atoms with van der Waals surface area (Å²) >= 11 is 0. The normalized spacial score (nSPS) is 16.0. The van der Waals surface area contributed by atoms with E-state index in [9.17, 15) is 0 Å². The first-order chi connectivity index (χ1) is 12.2. The zero-order chi connectivity index (χ0) is 17.9. The number of ether oxygens (including phenoxy) is 1. The summed E-state index contributed by atoms with van der Waals surface area (Å²) < 4.78 is 5.43. The second-order valence-electron chi connectivity index (χ2n) is 6.33. The molecule has 0 amide bonds. The van der Waals surface area contributed by atoms with Crippen LogP contribution in [0.2, 0.25) is 0 Å². The summed E-state index contributed by atoms with van der Waals surface area (Å²) in [6, 6.07) is 4.28. The molecule has 4 nitrogen and oxygen atoms in total. The predicted molar refractivity (Wildman–Crippen MR) is 106 cm³/mol. The van der Waals surface area contributed by atoms with Gasteiger partial charge < -0.3 is 15.0 Å². The van der Waals surface area contributed by atoms with Gasteiger partial charge in [-0.25, -0.2) is 4.98 Å². The molecule has 1 N–H and O–H groups in total. The molecule has 1 saturated heterocycles. The van der Waals surface area contributed by atoms with Crippen LogP contribution in [0.25, 0.3) is 0 Å². The highest BCUT2D eigenvalue weighted by Gasteiger charge is 2.12. The first-order valence-corrected chi connectivity index (χ1v) is 9.26. The van der Waals surface area contributed by atoms with Crippen molar-refractivity contribution in [3.05, 3.63) is 60.0 Å². The summed E-state index contributed by atoms with van der Waals surface area (Å²) in [6.07, 6.45) is 11.7. The molecule has 2 heterocycles. The Morgan fingerprint density at radius 2 is 2.12 bits per heavy atom. The van der Waals surface area contributed by atoms with E-state index in [1.54, 1.807) is 0 Å². The van der Waals surface area contributed by atoms with Gasteiger partial charge in [0, 0.05) is 32.4 Å². The van der Waals surface area contributed by atoms with Crippen LogP contribution in [0.15, 0.2) is 54.5 Å². The quantitative estimate of drug-likeness (QED) is 0.539. The topological polar surface area (TPSA) is 37.4 Å². The number of pyridine rings is 1. The fourth-order valence-electron chi connectivity index (χ4n) is 2.92. The maximum absolute atomic E-state index is 5.43. The van der Waals surface area contributed by atoms with E-state index >= 15 is 0 Å². The van der Waals surface area contributed by atoms with E-state index in [4.69, 9.17) is 4.74 Å². The molecule has 0 bridgehead atoms. The lowest BCUT2D eigenvalue weighted by atomic mass is 10.1. The zero-order valence-corrected chi connectivity index (χ0v) is 15.6. The number of aromatic nitrogens is 1. The SMILES string of the molecule is C=C/C(=C\C=C(/C)OCC)CNCc1ccnc(N2CCCCC2)c1. The van der Waals surface area contributed by atoms with E-state index in [0.717, 1.165) is 43.3 Å². The third kappa shape index (κ3) is 6.75. The fourth-order valence-corrected chi connectivity index (χ4v) is 2.92. The van der Waals surface area contributed by atoms with Gasteiger partial charge in [-0.2, -0.15) is 0 Å². The molecule has 0 spiro atoms. The summed E-state index contributed by atoms with van der Waals surface area (Å²) in [5.41, 5.74) is 2.41. The highest BCUT2D eigenvalue weighted by Crippen LogP contribution is 2.18. The number of allylic oxidation sites excluding steroid dienone is 3. The van der Waals surface area contributed by atoms with Crippen LogP contribution in [0, 0.1) is 0 Å². The Morgan fingerprint density at radius 3 is 2.84 bits per heavy atom. The van der Waals surface area contributed by atoms with Gasteiger partial charge in [-0.05, 0) is 62.5 Å². The van der Waals surface area contributed by atoms with Gasteiger partial charge >= 0.3 is 0 Å². The minimum Gasteiger partial charge on any atom is -0.499 e. The number of nitrogens with zero attached hydrogens (tertiary/aromatic N) is 2. The van der Waals surface area contributed by atoms with E-state index in [1.165, 1.54) is 24.8 Å². The average Bonchev–Trinajstić information content (AvgIpc) is 2.65. The highest BCUT2D eigenvalue weighted by atomic mass is 16.5. The van der Waals surface area contributed by atoms with E-state index in [2.05, 4.69) is 40.0 Å². The zero-order valence-electron chi connectivity index (χ0n) is 15.6. The highest BCUT2D eigenvalue weighted by molar-refractivity contribution is 5.41. The predicted octanol–water partition coefficient (Wildman–Crippen LogP) is 4.21. The van der Waals surface area contributed by atoms with Crippen molar-refractivity contribution in [2.75, 3.05) is 31.1 Å². The molecule has 1 aliphatic rings. The maximum atomic E-state index is 5.43. The van der Waals surface area contributed by atoms with E-state index in [0.29, 0.717) is 6.61 Å². The third-order valence-electron chi connectivity index (χ3n) is 4.31. The Bertz CT molecular complexity index is 601. The molecule has 0 saturated carbocycles. The van der Waals surface area contributed by atoms with Crippen molar-refractivity contribution in [1.82, 2.24) is 10.3 Å². The van der Waals surface area contributed by atoms with Gasteiger partial charge in [0.05, 0.1) is 12.4 Å². The van der Waals surface area contributed by atoms with Crippen molar-refractivity contribution in [1.29, 1.82) is 0 Å². The molecule has 0 unspecified atom stereocenters. The maximum Gasteiger partial charge on any atom is 0.128 e. The molecule has 0 radical (unpaired) electrons. The van der Waals surface area contributed by atoms with Gasteiger partial charge in [-0.15, -0.1) is 0 Å². The largest absolute Gasteiger partial charge is 0.499 e. The summed E-state index contributed by atoms with van der Waals surface area (Å²) in [5.74, 6) is 2.02. The van der Waals surface area contributed by atoms with Gasteiger partial charge in [0.1, 0.15) is 5.82 Å². The van der Waals surface area contributed by atoms with Gasteiger partial charge in [-0.3, -0.25) is 0 Å². The lowest BCUT2D eigenvalue weighted by molar-refractivity contribution is 0.231. The molecule has 1 aromatic heterocycles. The molecule has 1 fully saturated rings. The molecule has 25 heavy (non-hydrogen) atoms. The van der Waals surface area contributed by atoms with E-state index < -0.39 is 0 Å². The Labute approximate surface area is 152 Å². The van der Waals surface area contributed by atoms with Gasteiger partial charge in [0.2, 0.25) is 0 Å². The van der Waals surface area contributed by atoms with Gasteiger partial charge in [0.15, 0.2) is 0 Å². The first kappa shape index (κ1) is 19.3. The van der Waals surface area contributed by atoms with Crippen molar-refractivity contribution in [2.24, 2.45) is 0 Å². The van der Waals surface area contributed by atoms with Crippen molar-refractivity contribution in [3.63, 3.8) is 0 Å². The van der Waals surface area contributed by atoms with Crippen LogP contribution in [0.5, 0.6) is 0 Å². The number of rotatable bonds is 9. The van der Waals surface area contributed by atoms with Crippen LogP contribution in [0.1, 0.15) is 38.7 Å². The summed E-state index contributed by atoms with van der Waals surface area (Å²) in [4.78, 5) is 6.93. The van der Waals surface area contributed by atoms with Crippen molar-refractivity contribution in [3.8, 4) is 0 Å². The molecule has 4 heteroatoms.